The summed E-state index contributed by atoms with van der Waals surface area (Å²) in [5.74, 6) is -0.815. The maximum absolute atomic E-state index is 12.8. The van der Waals surface area contributed by atoms with E-state index in [1.807, 2.05) is 21.1 Å². The molecule has 0 aromatic heterocycles. The molecule has 0 spiro atoms. The van der Waals surface area contributed by atoms with Gasteiger partial charge in [0, 0.05) is 12.8 Å². The van der Waals surface area contributed by atoms with Crippen molar-refractivity contribution < 1.29 is 42.1 Å². The van der Waals surface area contributed by atoms with Crippen LogP contribution in [0.2, 0.25) is 0 Å². The molecule has 0 saturated carbocycles. The van der Waals surface area contributed by atoms with Gasteiger partial charge in [0.05, 0.1) is 27.7 Å². The van der Waals surface area contributed by atoms with Gasteiger partial charge >= 0.3 is 19.8 Å². The number of phosphoric ester groups is 1. The Balaban J connectivity index is 4.27. The number of quaternary nitrogens is 1. The Morgan fingerprint density at radius 2 is 0.891 bits per heavy atom. The molecule has 64 heavy (non-hydrogen) atoms. The van der Waals surface area contributed by atoms with E-state index in [9.17, 15) is 19.0 Å². The van der Waals surface area contributed by atoms with Crippen molar-refractivity contribution in [1.29, 1.82) is 0 Å². The van der Waals surface area contributed by atoms with Gasteiger partial charge in [0.1, 0.15) is 19.8 Å². The van der Waals surface area contributed by atoms with Crippen molar-refractivity contribution in [2.75, 3.05) is 47.5 Å². The zero-order valence-electron chi connectivity index (χ0n) is 42.0. The lowest BCUT2D eigenvalue weighted by atomic mass is 10.1. The number of phosphoric acid groups is 1. The van der Waals surface area contributed by atoms with Crippen molar-refractivity contribution >= 4 is 19.8 Å². The highest BCUT2D eigenvalue weighted by Gasteiger charge is 2.27. The van der Waals surface area contributed by atoms with Crippen LogP contribution in [-0.4, -0.2) is 74.9 Å². The van der Waals surface area contributed by atoms with Crippen LogP contribution in [0.15, 0.2) is 60.8 Å². The molecule has 0 saturated heterocycles. The minimum atomic E-state index is -4.39. The summed E-state index contributed by atoms with van der Waals surface area (Å²) in [4.78, 5) is 35.6. The Morgan fingerprint density at radius 3 is 1.34 bits per heavy atom. The summed E-state index contributed by atoms with van der Waals surface area (Å²) in [7, 11) is 1.46. The van der Waals surface area contributed by atoms with E-state index in [1.165, 1.54) is 103 Å². The van der Waals surface area contributed by atoms with Crippen molar-refractivity contribution in [3.05, 3.63) is 60.8 Å². The van der Waals surface area contributed by atoms with Gasteiger partial charge in [0.2, 0.25) is 0 Å². The van der Waals surface area contributed by atoms with Crippen molar-refractivity contribution in [3.8, 4) is 0 Å². The molecule has 2 atom stereocenters. The zero-order valence-corrected chi connectivity index (χ0v) is 42.9. The predicted octanol–water partition coefficient (Wildman–Crippen LogP) is 15.6. The van der Waals surface area contributed by atoms with Crippen LogP contribution < -0.4 is 0 Å². The lowest BCUT2D eigenvalue weighted by molar-refractivity contribution is -0.870. The molecular weight excluding hydrogens is 822 g/mol. The van der Waals surface area contributed by atoms with Crippen molar-refractivity contribution in [2.45, 2.75) is 225 Å². The van der Waals surface area contributed by atoms with E-state index in [0.29, 0.717) is 17.4 Å². The van der Waals surface area contributed by atoms with Crippen LogP contribution in [0.1, 0.15) is 219 Å². The molecule has 0 radical (unpaired) electrons. The van der Waals surface area contributed by atoms with E-state index in [0.717, 1.165) is 83.5 Å². The molecule has 0 heterocycles. The Kier molecular flexibility index (Phi) is 44.2. The summed E-state index contributed by atoms with van der Waals surface area (Å²) < 4.78 is 34.5. The molecule has 2 unspecified atom stereocenters. The Morgan fingerprint density at radius 1 is 0.500 bits per heavy atom. The van der Waals surface area contributed by atoms with Gasteiger partial charge in [-0.2, -0.15) is 0 Å². The van der Waals surface area contributed by atoms with Crippen LogP contribution in [0.5, 0.6) is 0 Å². The fourth-order valence-electron chi connectivity index (χ4n) is 7.00. The topological polar surface area (TPSA) is 108 Å². The molecule has 0 bridgehead atoms. The van der Waals surface area contributed by atoms with Gasteiger partial charge in [-0.1, -0.05) is 190 Å². The number of ether oxygens (including phenoxy) is 2. The molecule has 0 aromatic carbocycles. The first-order valence-electron chi connectivity index (χ1n) is 26.0. The van der Waals surface area contributed by atoms with Crippen molar-refractivity contribution in [1.82, 2.24) is 0 Å². The number of likely N-dealkylation sites (N-methyl/N-ethyl adjacent to an activating group) is 1. The van der Waals surface area contributed by atoms with E-state index >= 15 is 0 Å². The Bertz CT molecular complexity index is 1270. The third kappa shape index (κ3) is 49.2. The van der Waals surface area contributed by atoms with E-state index < -0.39 is 26.5 Å². The standard InChI is InChI=1S/C54H98NO8P/c1-6-8-10-12-14-16-18-20-22-24-26-27-29-30-32-34-36-38-40-42-44-46-53(56)60-50-52(51-62-64(58,59)61-49-48-55(3,4)5)63-54(57)47-45-43-41-39-37-35-33-31-28-25-23-21-19-17-15-13-11-9-7-2/h9,11,15,17,21,23-24,26,28,31,52H,6-8,10,12-14,16,18-20,22,25,27,29-30,32-51H2,1-5H3/p+1/b11-9-,17-15-,23-21-,26-24-,31-28-. The average molecular weight is 921 g/mol. The largest absolute Gasteiger partial charge is 0.472 e. The number of nitrogens with zero attached hydrogens (tertiary/aromatic N) is 1. The highest BCUT2D eigenvalue weighted by Crippen LogP contribution is 2.43. The van der Waals surface area contributed by atoms with E-state index in [-0.39, 0.29) is 32.0 Å². The second kappa shape index (κ2) is 45.8. The maximum Gasteiger partial charge on any atom is 0.472 e. The van der Waals surface area contributed by atoms with Gasteiger partial charge < -0.3 is 18.9 Å². The molecule has 9 nitrogen and oxygen atoms in total. The Hall–Kier alpha value is -2.29. The summed E-state index contributed by atoms with van der Waals surface area (Å²) in [6, 6.07) is 0. The van der Waals surface area contributed by atoms with Crippen LogP contribution in [0.3, 0.4) is 0 Å². The summed E-state index contributed by atoms with van der Waals surface area (Å²) in [6.45, 7) is 4.31. The number of hydrogen-bond acceptors (Lipinski definition) is 7. The molecule has 0 aromatic rings. The van der Waals surface area contributed by atoms with E-state index in [2.05, 4.69) is 74.6 Å². The van der Waals surface area contributed by atoms with Crippen LogP contribution in [0.4, 0.5) is 0 Å². The van der Waals surface area contributed by atoms with Crippen molar-refractivity contribution in [3.63, 3.8) is 0 Å². The molecule has 372 valence electrons. The van der Waals surface area contributed by atoms with Gasteiger partial charge in [0.15, 0.2) is 6.10 Å². The minimum absolute atomic E-state index is 0.0263. The monoisotopic (exact) mass is 921 g/mol. The summed E-state index contributed by atoms with van der Waals surface area (Å²) in [5, 5.41) is 0. The zero-order chi connectivity index (χ0) is 47.1. The molecule has 0 aliphatic heterocycles. The minimum Gasteiger partial charge on any atom is -0.462 e. The smallest absolute Gasteiger partial charge is 0.462 e. The molecule has 0 aliphatic carbocycles. The summed E-state index contributed by atoms with van der Waals surface area (Å²) >= 11 is 0. The SMILES string of the molecule is CC/C=C\C/C=C\C/C=C\C/C=C\CCCCCCCCC(=O)OC(COC(=O)CCCCCCCCCCC/C=C\CCCCCCCCCC)COP(=O)(O)OCC[N+](C)(C)C. The predicted molar refractivity (Wildman–Crippen MR) is 270 cm³/mol. The van der Waals surface area contributed by atoms with Gasteiger partial charge in [-0.25, -0.2) is 4.57 Å². The highest BCUT2D eigenvalue weighted by molar-refractivity contribution is 7.47. The van der Waals surface area contributed by atoms with Gasteiger partial charge in [-0.15, -0.1) is 0 Å². The van der Waals surface area contributed by atoms with E-state index in [4.69, 9.17) is 18.5 Å². The molecule has 0 rings (SSSR count). The lowest BCUT2D eigenvalue weighted by Gasteiger charge is -2.24. The second-order valence-electron chi connectivity index (χ2n) is 18.5. The van der Waals surface area contributed by atoms with Gasteiger partial charge in [-0.05, 0) is 77.0 Å². The molecule has 10 heteroatoms. The molecule has 0 aliphatic rings. The van der Waals surface area contributed by atoms with E-state index in [1.54, 1.807) is 0 Å². The molecule has 0 fully saturated rings. The highest BCUT2D eigenvalue weighted by atomic mass is 31.2. The number of carbonyl (C=O) groups is 2. The fourth-order valence-corrected chi connectivity index (χ4v) is 7.74. The molecule has 0 amide bonds. The van der Waals surface area contributed by atoms with Gasteiger partial charge in [0.25, 0.3) is 0 Å². The van der Waals surface area contributed by atoms with Crippen LogP contribution in [0, 0.1) is 0 Å². The number of unbranched alkanes of at least 4 members (excludes halogenated alkanes) is 23. The first-order valence-corrected chi connectivity index (χ1v) is 27.5. The number of allylic oxidation sites excluding steroid dienone is 10. The maximum atomic E-state index is 12.8. The normalized spacial score (nSPS) is 13.9. The average Bonchev–Trinajstić information content (AvgIpc) is 3.25. The molecule has 1 N–H and O–H groups in total. The first kappa shape index (κ1) is 61.7. The second-order valence-corrected chi connectivity index (χ2v) is 20.0. The quantitative estimate of drug-likeness (QED) is 0.0211. The fraction of sp³-hybridized carbons (Fsp3) is 0.778. The third-order valence-electron chi connectivity index (χ3n) is 11.0. The van der Waals surface area contributed by atoms with Crippen LogP contribution in [-0.2, 0) is 32.7 Å². The van der Waals surface area contributed by atoms with Crippen LogP contribution in [0.25, 0.3) is 0 Å². The number of hydrogen-bond donors (Lipinski definition) is 1. The number of rotatable bonds is 47. The number of carbonyl (C=O) groups excluding carboxylic acids is 2. The molecular formula is C54H99NO8P+. The summed E-state index contributed by atoms with van der Waals surface area (Å²) in [6.07, 6.45) is 57.0. The lowest BCUT2D eigenvalue weighted by Crippen LogP contribution is -2.37. The van der Waals surface area contributed by atoms with Crippen LogP contribution >= 0.6 is 7.82 Å². The third-order valence-corrected chi connectivity index (χ3v) is 12.0. The van der Waals surface area contributed by atoms with Gasteiger partial charge in [-0.3, -0.25) is 18.6 Å². The summed E-state index contributed by atoms with van der Waals surface area (Å²) in [5.41, 5.74) is 0. The number of esters is 2. The Labute approximate surface area is 394 Å². The first-order chi connectivity index (χ1) is 31.0. The van der Waals surface area contributed by atoms with Crippen molar-refractivity contribution in [2.24, 2.45) is 0 Å².